The first-order chi connectivity index (χ1) is 11.0. The molecule has 23 heavy (non-hydrogen) atoms. The molecule has 0 amide bonds. The lowest BCUT2D eigenvalue weighted by molar-refractivity contribution is -0.118. The maximum Gasteiger partial charge on any atom is 0.526 e. The number of hydrogen-bond donors (Lipinski definition) is 1. The number of fused-ring (bicyclic) bond motifs is 1. The summed E-state index contributed by atoms with van der Waals surface area (Å²) in [6.45, 7) is 1.95. The fraction of sp³-hybridized carbons (Fsp3) is 0.294. The van der Waals surface area contributed by atoms with Crippen molar-refractivity contribution >= 4 is 24.5 Å². The Labute approximate surface area is 140 Å². The maximum atomic E-state index is 12.3. The van der Waals surface area contributed by atoms with E-state index in [1.54, 1.807) is 18.3 Å². The van der Waals surface area contributed by atoms with Crippen LogP contribution in [0.5, 0.6) is 5.75 Å². The molecule has 1 aromatic carbocycles. The number of nitrogens with zero attached hydrogens (tertiary/aromatic N) is 1. The summed E-state index contributed by atoms with van der Waals surface area (Å²) in [6.07, 6.45) is 2.81. The third kappa shape index (κ3) is 3.74. The minimum Gasteiger partial charge on any atom is -0.536 e. The van der Waals surface area contributed by atoms with Crippen molar-refractivity contribution in [1.82, 2.24) is 4.98 Å². The van der Waals surface area contributed by atoms with Crippen LogP contribution in [-0.4, -0.2) is 22.9 Å². The van der Waals surface area contributed by atoms with Gasteiger partial charge in [-0.1, -0.05) is 35.9 Å². The van der Waals surface area contributed by atoms with Gasteiger partial charge >= 0.3 is 7.12 Å². The maximum absolute atomic E-state index is 12.3. The van der Waals surface area contributed by atoms with Crippen molar-refractivity contribution in [2.45, 2.75) is 32.0 Å². The molecule has 1 aromatic heterocycles. The zero-order chi connectivity index (χ0) is 16.4. The molecule has 0 bridgehead atoms. The minimum atomic E-state index is -0.948. The molecular weight excluding hydrogens is 312 g/mol. The molecule has 2 heterocycles. The molecule has 1 aliphatic heterocycles. The molecular formula is C17H17BClNO3. The summed E-state index contributed by atoms with van der Waals surface area (Å²) in [4.78, 5) is 16.2. The van der Waals surface area contributed by atoms with E-state index in [4.69, 9.17) is 16.3 Å². The third-order valence-electron chi connectivity index (χ3n) is 4.10. The predicted octanol–water partition coefficient (Wildman–Crippen LogP) is 3.03. The van der Waals surface area contributed by atoms with Crippen molar-refractivity contribution in [1.29, 1.82) is 0 Å². The standard InChI is InChI=1S/C17H17BClNO3/c1-11-3-2-4-13-8-14(18(22)23-17(11)13)9-15(21)7-12-5-6-16(19)20-10-12/h2-6,10,14,22H,7-9H2,1H3/t14-/m1/s1. The van der Waals surface area contributed by atoms with E-state index < -0.39 is 7.12 Å². The van der Waals surface area contributed by atoms with Gasteiger partial charge in [-0.2, -0.15) is 0 Å². The van der Waals surface area contributed by atoms with Gasteiger partial charge in [0.05, 0.1) is 0 Å². The lowest BCUT2D eigenvalue weighted by Gasteiger charge is -2.28. The van der Waals surface area contributed by atoms with E-state index in [9.17, 15) is 9.82 Å². The first-order valence-corrected chi connectivity index (χ1v) is 7.96. The highest BCUT2D eigenvalue weighted by Crippen LogP contribution is 2.35. The second kappa shape index (κ2) is 6.73. The van der Waals surface area contributed by atoms with Gasteiger partial charge in [0.2, 0.25) is 0 Å². The van der Waals surface area contributed by atoms with E-state index in [0.29, 0.717) is 11.6 Å². The van der Waals surface area contributed by atoms with Gasteiger partial charge in [-0.3, -0.25) is 4.79 Å². The van der Waals surface area contributed by atoms with Crippen LogP contribution < -0.4 is 4.65 Å². The van der Waals surface area contributed by atoms with Crippen molar-refractivity contribution in [2.75, 3.05) is 0 Å². The van der Waals surface area contributed by atoms with Gasteiger partial charge in [-0.25, -0.2) is 4.98 Å². The van der Waals surface area contributed by atoms with Crippen LogP contribution in [0.3, 0.4) is 0 Å². The Kier molecular flexibility index (Phi) is 4.69. The average molecular weight is 330 g/mol. The van der Waals surface area contributed by atoms with Crippen LogP contribution in [0.15, 0.2) is 36.5 Å². The first kappa shape index (κ1) is 16.0. The predicted molar refractivity (Wildman–Crippen MR) is 89.8 cm³/mol. The summed E-state index contributed by atoms with van der Waals surface area (Å²) in [7, 11) is -0.948. The topological polar surface area (TPSA) is 59.4 Å². The Hall–Kier alpha value is -1.85. The molecule has 2 aromatic rings. The Morgan fingerprint density at radius 3 is 3.00 bits per heavy atom. The van der Waals surface area contributed by atoms with E-state index in [2.05, 4.69) is 4.98 Å². The van der Waals surface area contributed by atoms with Crippen molar-refractivity contribution in [3.63, 3.8) is 0 Å². The van der Waals surface area contributed by atoms with Crippen LogP contribution in [0.2, 0.25) is 11.0 Å². The number of Topliss-reactive ketones (excluding diaryl/α,β-unsaturated/α-hetero) is 1. The lowest BCUT2D eigenvalue weighted by Crippen LogP contribution is -2.35. The Bertz CT molecular complexity index is 720. The number of pyridine rings is 1. The van der Waals surface area contributed by atoms with Crippen LogP contribution in [-0.2, 0) is 17.6 Å². The molecule has 0 saturated carbocycles. The Morgan fingerprint density at radius 1 is 1.43 bits per heavy atom. The third-order valence-corrected chi connectivity index (χ3v) is 4.32. The van der Waals surface area contributed by atoms with Crippen LogP contribution in [0.1, 0.15) is 23.1 Å². The summed E-state index contributed by atoms with van der Waals surface area (Å²) in [5.74, 6) is 0.570. The van der Waals surface area contributed by atoms with E-state index in [1.807, 2.05) is 25.1 Å². The summed E-state index contributed by atoms with van der Waals surface area (Å²) < 4.78 is 5.62. The fourth-order valence-electron chi connectivity index (χ4n) is 2.92. The molecule has 1 atom stereocenters. The molecule has 3 rings (SSSR count). The van der Waals surface area contributed by atoms with E-state index in [1.165, 1.54) is 0 Å². The summed E-state index contributed by atoms with van der Waals surface area (Å²) in [5, 5.41) is 10.6. The van der Waals surface area contributed by atoms with Crippen LogP contribution in [0.25, 0.3) is 0 Å². The summed E-state index contributed by atoms with van der Waals surface area (Å²) in [6, 6.07) is 9.36. The van der Waals surface area contributed by atoms with Crippen molar-refractivity contribution < 1.29 is 14.5 Å². The van der Waals surface area contributed by atoms with Crippen molar-refractivity contribution in [3.8, 4) is 5.75 Å². The monoisotopic (exact) mass is 329 g/mol. The molecule has 118 valence electrons. The number of para-hydroxylation sites is 1. The van der Waals surface area contributed by atoms with Gasteiger partial charge in [-0.05, 0) is 36.1 Å². The number of carbonyl (C=O) groups is 1. The second-order valence-corrected chi connectivity index (χ2v) is 6.33. The molecule has 0 aliphatic carbocycles. The van der Waals surface area contributed by atoms with Crippen molar-refractivity contribution in [2.24, 2.45) is 0 Å². The first-order valence-electron chi connectivity index (χ1n) is 7.58. The van der Waals surface area contributed by atoms with Gasteiger partial charge < -0.3 is 9.68 Å². The van der Waals surface area contributed by atoms with Crippen LogP contribution in [0.4, 0.5) is 0 Å². The Morgan fingerprint density at radius 2 is 2.26 bits per heavy atom. The minimum absolute atomic E-state index is 0.0536. The number of ketones is 1. The highest BCUT2D eigenvalue weighted by Gasteiger charge is 2.36. The number of aromatic nitrogens is 1. The SMILES string of the molecule is Cc1cccc2c1OB(O)[C@@H](CC(=O)Cc1ccc(Cl)nc1)C2. The van der Waals surface area contributed by atoms with Gasteiger partial charge in [0.25, 0.3) is 0 Å². The van der Waals surface area contributed by atoms with Crippen LogP contribution >= 0.6 is 11.6 Å². The molecule has 6 heteroatoms. The molecule has 0 radical (unpaired) electrons. The number of benzene rings is 1. The van der Waals surface area contributed by atoms with Crippen LogP contribution in [0, 0.1) is 6.92 Å². The normalized spacial score (nSPS) is 16.7. The van der Waals surface area contributed by atoms with E-state index in [0.717, 1.165) is 22.4 Å². The number of carbonyl (C=O) groups excluding carboxylic acids is 1. The summed E-state index contributed by atoms with van der Waals surface area (Å²) in [5.41, 5.74) is 2.86. The molecule has 1 aliphatic rings. The van der Waals surface area contributed by atoms with Gasteiger partial charge in [0, 0.05) is 24.9 Å². The number of halogens is 1. The zero-order valence-electron chi connectivity index (χ0n) is 12.8. The average Bonchev–Trinajstić information content (AvgIpc) is 2.51. The largest absolute Gasteiger partial charge is 0.536 e. The van der Waals surface area contributed by atoms with Gasteiger partial charge in [0.15, 0.2) is 0 Å². The zero-order valence-corrected chi connectivity index (χ0v) is 13.6. The lowest BCUT2D eigenvalue weighted by atomic mass is 9.64. The van der Waals surface area contributed by atoms with Gasteiger partial charge in [-0.15, -0.1) is 0 Å². The van der Waals surface area contributed by atoms with E-state index >= 15 is 0 Å². The van der Waals surface area contributed by atoms with Gasteiger partial charge in [0.1, 0.15) is 16.7 Å². The number of aryl methyl sites for hydroxylation is 1. The highest BCUT2D eigenvalue weighted by atomic mass is 35.5. The molecule has 1 N–H and O–H groups in total. The Balaban J connectivity index is 1.66. The quantitative estimate of drug-likeness (QED) is 0.692. The molecule has 0 saturated heterocycles. The van der Waals surface area contributed by atoms with E-state index in [-0.39, 0.29) is 24.4 Å². The molecule has 4 nitrogen and oxygen atoms in total. The van der Waals surface area contributed by atoms with Crippen molar-refractivity contribution in [3.05, 3.63) is 58.4 Å². The highest BCUT2D eigenvalue weighted by molar-refractivity contribution is 6.46. The summed E-state index contributed by atoms with van der Waals surface area (Å²) >= 11 is 5.74. The smallest absolute Gasteiger partial charge is 0.526 e. The molecule has 0 unspecified atom stereocenters. The molecule has 0 fully saturated rings. The fourth-order valence-corrected chi connectivity index (χ4v) is 3.03. The molecule has 0 spiro atoms. The number of rotatable bonds is 4. The number of hydrogen-bond acceptors (Lipinski definition) is 4. The second-order valence-electron chi connectivity index (χ2n) is 5.94.